The lowest BCUT2D eigenvalue weighted by atomic mass is 9.99. The van der Waals surface area contributed by atoms with Crippen LogP contribution in [-0.4, -0.2) is 18.3 Å². The second-order valence-corrected chi connectivity index (χ2v) is 5.05. The molecule has 0 aliphatic heterocycles. The van der Waals surface area contributed by atoms with Crippen LogP contribution in [0.4, 0.5) is 11.4 Å². The lowest BCUT2D eigenvalue weighted by Gasteiger charge is -2.19. The van der Waals surface area contributed by atoms with Crippen molar-refractivity contribution in [3.8, 4) is 0 Å². The SMILES string of the molecule is CC1CC=CC=C1NCCCNc1ccccc1NO. The zero-order valence-corrected chi connectivity index (χ0v) is 11.9. The molecule has 1 atom stereocenters. The highest BCUT2D eigenvalue weighted by Gasteiger charge is 2.08. The fourth-order valence-electron chi connectivity index (χ4n) is 2.26. The van der Waals surface area contributed by atoms with E-state index < -0.39 is 0 Å². The van der Waals surface area contributed by atoms with Crippen LogP contribution in [0, 0.1) is 5.92 Å². The van der Waals surface area contributed by atoms with Crippen molar-refractivity contribution in [2.75, 3.05) is 23.9 Å². The summed E-state index contributed by atoms with van der Waals surface area (Å²) >= 11 is 0. The molecular weight excluding hydrogens is 250 g/mol. The summed E-state index contributed by atoms with van der Waals surface area (Å²) in [5.74, 6) is 0.590. The van der Waals surface area contributed by atoms with Crippen molar-refractivity contribution >= 4 is 11.4 Å². The summed E-state index contributed by atoms with van der Waals surface area (Å²) in [6.07, 6.45) is 8.62. The first-order chi connectivity index (χ1) is 9.81. The Bertz CT molecular complexity index is 482. The lowest BCUT2D eigenvalue weighted by Crippen LogP contribution is -2.22. The minimum Gasteiger partial charge on any atom is -0.388 e. The van der Waals surface area contributed by atoms with Crippen LogP contribution in [0.1, 0.15) is 19.8 Å². The summed E-state index contributed by atoms with van der Waals surface area (Å²) in [6.45, 7) is 4.05. The second-order valence-electron chi connectivity index (χ2n) is 5.05. The van der Waals surface area contributed by atoms with Crippen LogP contribution in [0.2, 0.25) is 0 Å². The van der Waals surface area contributed by atoms with E-state index in [-0.39, 0.29) is 0 Å². The Labute approximate surface area is 120 Å². The fraction of sp³-hybridized carbons (Fsp3) is 0.375. The van der Waals surface area contributed by atoms with Crippen LogP contribution in [0.5, 0.6) is 0 Å². The van der Waals surface area contributed by atoms with E-state index in [0.717, 1.165) is 31.6 Å². The topological polar surface area (TPSA) is 56.3 Å². The van der Waals surface area contributed by atoms with Gasteiger partial charge in [-0.3, -0.25) is 10.7 Å². The molecule has 4 heteroatoms. The van der Waals surface area contributed by atoms with Gasteiger partial charge in [-0.2, -0.15) is 0 Å². The molecule has 0 aromatic heterocycles. The molecule has 1 aliphatic carbocycles. The number of anilines is 2. The summed E-state index contributed by atoms with van der Waals surface area (Å²) < 4.78 is 0. The van der Waals surface area contributed by atoms with E-state index in [2.05, 4.69) is 41.3 Å². The third-order valence-corrected chi connectivity index (χ3v) is 3.48. The van der Waals surface area contributed by atoms with Gasteiger partial charge in [0.05, 0.1) is 11.4 Å². The minimum atomic E-state index is 0.590. The molecular formula is C16H23N3O. The van der Waals surface area contributed by atoms with E-state index in [1.165, 1.54) is 5.70 Å². The molecule has 0 heterocycles. The minimum absolute atomic E-state index is 0.590. The van der Waals surface area contributed by atoms with Gasteiger partial charge in [-0.05, 0) is 37.0 Å². The van der Waals surface area contributed by atoms with Crippen LogP contribution < -0.4 is 16.1 Å². The molecule has 0 fully saturated rings. The first-order valence-electron chi connectivity index (χ1n) is 7.15. The van der Waals surface area contributed by atoms with Gasteiger partial charge < -0.3 is 10.6 Å². The fourth-order valence-corrected chi connectivity index (χ4v) is 2.26. The standard InChI is InChI=1S/C16H23N3O/c1-13-7-2-3-8-14(13)17-11-6-12-18-15-9-4-5-10-16(15)19-20/h2-5,8-10,13,17-20H,6-7,11-12H2,1H3. The molecule has 0 amide bonds. The highest BCUT2D eigenvalue weighted by Crippen LogP contribution is 2.20. The maximum atomic E-state index is 9.00. The molecule has 2 rings (SSSR count). The molecule has 108 valence electrons. The second kappa shape index (κ2) is 7.60. The lowest BCUT2D eigenvalue weighted by molar-refractivity contribution is 0.389. The van der Waals surface area contributed by atoms with Crippen LogP contribution in [0.25, 0.3) is 0 Å². The maximum Gasteiger partial charge on any atom is 0.0833 e. The van der Waals surface area contributed by atoms with Crippen LogP contribution in [0.15, 0.2) is 48.2 Å². The van der Waals surface area contributed by atoms with Crippen molar-refractivity contribution in [2.45, 2.75) is 19.8 Å². The predicted molar refractivity (Wildman–Crippen MR) is 84.0 cm³/mol. The van der Waals surface area contributed by atoms with E-state index in [1.807, 2.05) is 24.3 Å². The molecule has 1 unspecified atom stereocenters. The molecule has 0 spiro atoms. The van der Waals surface area contributed by atoms with Crippen molar-refractivity contribution in [3.63, 3.8) is 0 Å². The van der Waals surface area contributed by atoms with Gasteiger partial charge in [0, 0.05) is 18.8 Å². The van der Waals surface area contributed by atoms with Gasteiger partial charge in [-0.1, -0.05) is 31.2 Å². The first-order valence-corrected chi connectivity index (χ1v) is 7.15. The van der Waals surface area contributed by atoms with Gasteiger partial charge in [-0.15, -0.1) is 0 Å². The monoisotopic (exact) mass is 273 g/mol. The van der Waals surface area contributed by atoms with Gasteiger partial charge in [0.15, 0.2) is 0 Å². The highest BCUT2D eigenvalue weighted by atomic mass is 16.5. The Balaban J connectivity index is 1.69. The van der Waals surface area contributed by atoms with Crippen LogP contribution in [0.3, 0.4) is 0 Å². The number of nitrogens with one attached hydrogen (secondary N) is 3. The molecule has 1 aliphatic rings. The Morgan fingerprint density at radius 3 is 2.65 bits per heavy atom. The summed E-state index contributed by atoms with van der Waals surface area (Å²) in [5.41, 5.74) is 5.15. The summed E-state index contributed by atoms with van der Waals surface area (Å²) in [4.78, 5) is 0. The van der Waals surface area contributed by atoms with E-state index in [9.17, 15) is 0 Å². The van der Waals surface area contributed by atoms with E-state index in [1.54, 1.807) is 0 Å². The molecule has 0 bridgehead atoms. The molecule has 1 aromatic carbocycles. The summed E-state index contributed by atoms with van der Waals surface area (Å²) in [6, 6.07) is 7.61. The van der Waals surface area contributed by atoms with Gasteiger partial charge in [0.1, 0.15) is 0 Å². The van der Waals surface area contributed by atoms with E-state index in [4.69, 9.17) is 5.21 Å². The number of hydrogen-bond acceptors (Lipinski definition) is 4. The molecule has 0 saturated heterocycles. The van der Waals surface area contributed by atoms with E-state index >= 15 is 0 Å². The Morgan fingerprint density at radius 1 is 1.15 bits per heavy atom. The van der Waals surface area contributed by atoms with Crippen LogP contribution in [-0.2, 0) is 0 Å². The van der Waals surface area contributed by atoms with Gasteiger partial charge >= 0.3 is 0 Å². The van der Waals surface area contributed by atoms with Crippen molar-refractivity contribution in [1.29, 1.82) is 0 Å². The van der Waals surface area contributed by atoms with Crippen molar-refractivity contribution in [1.82, 2.24) is 5.32 Å². The van der Waals surface area contributed by atoms with Crippen molar-refractivity contribution in [2.24, 2.45) is 5.92 Å². The summed E-state index contributed by atoms with van der Waals surface area (Å²) in [5, 5.41) is 15.8. The first kappa shape index (κ1) is 14.5. The van der Waals surface area contributed by atoms with Crippen molar-refractivity contribution < 1.29 is 5.21 Å². The zero-order valence-electron chi connectivity index (χ0n) is 11.9. The predicted octanol–water partition coefficient (Wildman–Crippen LogP) is 3.36. The number of benzene rings is 1. The number of hydrogen-bond donors (Lipinski definition) is 4. The van der Waals surface area contributed by atoms with Crippen molar-refractivity contribution in [3.05, 3.63) is 48.2 Å². The number of allylic oxidation sites excluding steroid dienone is 4. The Hall–Kier alpha value is -1.94. The normalized spacial score (nSPS) is 17.5. The molecule has 0 radical (unpaired) electrons. The molecule has 1 aromatic rings. The molecule has 0 saturated carbocycles. The molecule has 20 heavy (non-hydrogen) atoms. The van der Waals surface area contributed by atoms with E-state index in [0.29, 0.717) is 11.6 Å². The average Bonchev–Trinajstić information content (AvgIpc) is 2.49. The van der Waals surface area contributed by atoms with Gasteiger partial charge in [-0.25, -0.2) is 0 Å². The largest absolute Gasteiger partial charge is 0.388 e. The molecule has 4 nitrogen and oxygen atoms in total. The third kappa shape index (κ3) is 4.03. The quantitative estimate of drug-likeness (QED) is 0.454. The smallest absolute Gasteiger partial charge is 0.0833 e. The Morgan fingerprint density at radius 2 is 1.90 bits per heavy atom. The average molecular weight is 273 g/mol. The van der Waals surface area contributed by atoms with Crippen LogP contribution >= 0.6 is 0 Å². The van der Waals surface area contributed by atoms with Gasteiger partial charge in [0.2, 0.25) is 0 Å². The number of para-hydroxylation sites is 2. The summed E-state index contributed by atoms with van der Waals surface area (Å²) in [7, 11) is 0. The zero-order chi connectivity index (χ0) is 14.2. The third-order valence-electron chi connectivity index (χ3n) is 3.48. The maximum absolute atomic E-state index is 9.00. The Kier molecular flexibility index (Phi) is 5.50. The number of rotatable bonds is 7. The highest BCUT2D eigenvalue weighted by molar-refractivity contribution is 5.67. The molecule has 4 N–H and O–H groups in total. The van der Waals surface area contributed by atoms with Gasteiger partial charge in [0.25, 0.3) is 0 Å².